The lowest BCUT2D eigenvalue weighted by molar-refractivity contribution is 1.08. The molecule has 2 aromatic carbocycles. The molecule has 0 saturated carbocycles. The highest BCUT2D eigenvalue weighted by molar-refractivity contribution is 9.10. The molecule has 2 N–H and O–H groups in total. The number of hydrogen-bond acceptors (Lipinski definition) is 2. The fraction of sp³-hybridized carbons (Fsp3) is 0.133. The van der Waals surface area contributed by atoms with Gasteiger partial charge in [-0.15, -0.1) is 0 Å². The minimum atomic E-state index is 0.755. The number of aromatic amines is 1. The van der Waals surface area contributed by atoms with Gasteiger partial charge in [0, 0.05) is 11.0 Å². The number of benzene rings is 2. The molecule has 0 unspecified atom stereocenters. The average molecular weight is 316 g/mol. The van der Waals surface area contributed by atoms with E-state index < -0.39 is 0 Å². The number of imidazole rings is 1. The van der Waals surface area contributed by atoms with Gasteiger partial charge in [0.05, 0.1) is 11.0 Å². The molecule has 3 nitrogen and oxygen atoms in total. The molecule has 19 heavy (non-hydrogen) atoms. The Bertz CT molecular complexity index is 685. The van der Waals surface area contributed by atoms with Gasteiger partial charge in [0.25, 0.3) is 0 Å². The molecule has 0 aliphatic rings. The van der Waals surface area contributed by atoms with Gasteiger partial charge in [0.2, 0.25) is 5.95 Å². The molecule has 0 radical (unpaired) electrons. The molecule has 0 bridgehead atoms. The second kappa shape index (κ2) is 5.05. The zero-order valence-corrected chi connectivity index (χ0v) is 12.2. The zero-order valence-electron chi connectivity index (χ0n) is 10.6. The van der Waals surface area contributed by atoms with Gasteiger partial charge in [0.15, 0.2) is 0 Å². The first-order valence-corrected chi connectivity index (χ1v) is 6.95. The van der Waals surface area contributed by atoms with Gasteiger partial charge in [-0.3, -0.25) is 0 Å². The van der Waals surface area contributed by atoms with Crippen molar-refractivity contribution in [3.63, 3.8) is 0 Å². The summed E-state index contributed by atoms with van der Waals surface area (Å²) >= 11 is 3.50. The monoisotopic (exact) mass is 315 g/mol. The quantitative estimate of drug-likeness (QED) is 0.758. The molecule has 3 rings (SSSR count). The third kappa shape index (κ3) is 2.63. The van der Waals surface area contributed by atoms with Crippen molar-refractivity contribution in [3.05, 3.63) is 58.1 Å². The first-order valence-electron chi connectivity index (χ1n) is 6.16. The van der Waals surface area contributed by atoms with Gasteiger partial charge in [-0.1, -0.05) is 34.1 Å². The molecule has 0 amide bonds. The molecule has 0 spiro atoms. The number of anilines is 1. The Morgan fingerprint density at radius 3 is 2.89 bits per heavy atom. The van der Waals surface area contributed by atoms with Gasteiger partial charge in [-0.2, -0.15) is 0 Å². The summed E-state index contributed by atoms with van der Waals surface area (Å²) in [7, 11) is 0. The van der Waals surface area contributed by atoms with Crippen LogP contribution in [0.4, 0.5) is 5.95 Å². The topological polar surface area (TPSA) is 40.7 Å². The molecule has 1 aromatic heterocycles. The first kappa shape index (κ1) is 12.2. The summed E-state index contributed by atoms with van der Waals surface area (Å²) in [6, 6.07) is 14.3. The maximum Gasteiger partial charge on any atom is 0.201 e. The van der Waals surface area contributed by atoms with E-state index in [0.717, 1.165) is 28.0 Å². The minimum absolute atomic E-state index is 0.755. The van der Waals surface area contributed by atoms with Crippen molar-refractivity contribution in [1.29, 1.82) is 0 Å². The largest absolute Gasteiger partial charge is 0.352 e. The Morgan fingerprint density at radius 1 is 1.21 bits per heavy atom. The fourth-order valence-electron chi connectivity index (χ4n) is 2.05. The second-order valence-corrected chi connectivity index (χ2v) is 5.44. The molecule has 0 fully saturated rings. The predicted octanol–water partition coefficient (Wildman–Crippen LogP) is 4.25. The van der Waals surface area contributed by atoms with Gasteiger partial charge in [0.1, 0.15) is 0 Å². The van der Waals surface area contributed by atoms with E-state index >= 15 is 0 Å². The normalized spacial score (nSPS) is 10.8. The second-order valence-electron chi connectivity index (χ2n) is 4.53. The highest BCUT2D eigenvalue weighted by Gasteiger charge is 2.03. The lowest BCUT2D eigenvalue weighted by atomic mass is 10.1. The number of fused-ring (bicyclic) bond motifs is 1. The van der Waals surface area contributed by atoms with Crippen LogP contribution in [0.3, 0.4) is 0 Å². The predicted molar refractivity (Wildman–Crippen MR) is 82.3 cm³/mol. The molecular formula is C15H14BrN3. The Kier molecular flexibility index (Phi) is 3.25. The van der Waals surface area contributed by atoms with E-state index in [1.54, 1.807) is 0 Å². The number of aromatic nitrogens is 2. The van der Waals surface area contributed by atoms with E-state index in [-0.39, 0.29) is 0 Å². The van der Waals surface area contributed by atoms with E-state index in [2.05, 4.69) is 56.3 Å². The summed E-state index contributed by atoms with van der Waals surface area (Å²) < 4.78 is 1.10. The highest BCUT2D eigenvalue weighted by Crippen LogP contribution is 2.18. The summed E-state index contributed by atoms with van der Waals surface area (Å²) in [6.45, 7) is 2.87. The van der Waals surface area contributed by atoms with Gasteiger partial charge in [-0.05, 0) is 42.3 Å². The molecule has 1 heterocycles. The summed E-state index contributed by atoms with van der Waals surface area (Å²) in [5.41, 5.74) is 4.56. The van der Waals surface area contributed by atoms with Gasteiger partial charge in [-0.25, -0.2) is 4.98 Å². The summed E-state index contributed by atoms with van der Waals surface area (Å²) in [6.07, 6.45) is 0. The number of para-hydroxylation sites is 2. The maximum atomic E-state index is 4.50. The smallest absolute Gasteiger partial charge is 0.201 e. The SMILES string of the molecule is Cc1ccc(Br)cc1CNc1nc2ccccc2[nH]1. The van der Waals surface area contributed by atoms with Crippen LogP contribution in [0.2, 0.25) is 0 Å². The number of hydrogen-bond donors (Lipinski definition) is 2. The molecule has 96 valence electrons. The maximum absolute atomic E-state index is 4.50. The number of nitrogens with one attached hydrogen (secondary N) is 2. The fourth-order valence-corrected chi connectivity index (χ4v) is 2.45. The van der Waals surface area contributed by atoms with E-state index in [4.69, 9.17) is 0 Å². The Balaban J connectivity index is 1.80. The van der Waals surface area contributed by atoms with Crippen molar-refractivity contribution in [2.24, 2.45) is 0 Å². The summed E-state index contributed by atoms with van der Waals surface area (Å²) in [5.74, 6) is 0.806. The van der Waals surface area contributed by atoms with Gasteiger partial charge >= 0.3 is 0 Å². The molecule has 0 saturated heterocycles. The van der Waals surface area contributed by atoms with Crippen LogP contribution in [0, 0.1) is 6.92 Å². The van der Waals surface area contributed by atoms with E-state index in [0.29, 0.717) is 0 Å². The number of halogens is 1. The van der Waals surface area contributed by atoms with E-state index in [1.807, 2.05) is 24.3 Å². The van der Waals surface area contributed by atoms with Crippen LogP contribution in [0.1, 0.15) is 11.1 Å². The number of nitrogens with zero attached hydrogens (tertiary/aromatic N) is 1. The van der Waals surface area contributed by atoms with Gasteiger partial charge < -0.3 is 10.3 Å². The van der Waals surface area contributed by atoms with Crippen molar-refractivity contribution >= 4 is 32.9 Å². The molecule has 4 heteroatoms. The number of aryl methyl sites for hydroxylation is 1. The molecule has 3 aromatic rings. The lowest BCUT2D eigenvalue weighted by Crippen LogP contribution is -2.02. The summed E-state index contributed by atoms with van der Waals surface area (Å²) in [5, 5.41) is 3.33. The molecule has 0 atom stereocenters. The van der Waals surface area contributed by atoms with Crippen molar-refractivity contribution in [3.8, 4) is 0 Å². The third-order valence-electron chi connectivity index (χ3n) is 3.15. The summed E-state index contributed by atoms with van der Waals surface area (Å²) in [4.78, 5) is 7.77. The first-order chi connectivity index (χ1) is 9.22. The highest BCUT2D eigenvalue weighted by atomic mass is 79.9. The minimum Gasteiger partial charge on any atom is -0.352 e. The number of rotatable bonds is 3. The van der Waals surface area contributed by atoms with Crippen LogP contribution in [0.25, 0.3) is 11.0 Å². The van der Waals surface area contributed by atoms with Crippen molar-refractivity contribution in [2.75, 3.05) is 5.32 Å². The van der Waals surface area contributed by atoms with Crippen LogP contribution >= 0.6 is 15.9 Å². The van der Waals surface area contributed by atoms with Crippen LogP contribution in [-0.4, -0.2) is 9.97 Å². The van der Waals surface area contributed by atoms with Crippen molar-refractivity contribution < 1.29 is 0 Å². The van der Waals surface area contributed by atoms with Crippen LogP contribution in [0.5, 0.6) is 0 Å². The zero-order chi connectivity index (χ0) is 13.2. The van der Waals surface area contributed by atoms with Crippen LogP contribution < -0.4 is 5.32 Å². The standard InChI is InChI=1S/C15H14BrN3/c1-10-6-7-12(16)8-11(10)9-17-15-18-13-4-2-3-5-14(13)19-15/h2-8H,9H2,1H3,(H2,17,18,19). The van der Waals surface area contributed by atoms with Crippen molar-refractivity contribution in [1.82, 2.24) is 9.97 Å². The molecule has 0 aliphatic heterocycles. The van der Waals surface area contributed by atoms with Crippen molar-refractivity contribution in [2.45, 2.75) is 13.5 Å². The Morgan fingerprint density at radius 2 is 2.05 bits per heavy atom. The Hall–Kier alpha value is -1.81. The lowest BCUT2D eigenvalue weighted by Gasteiger charge is -2.07. The van der Waals surface area contributed by atoms with Crippen LogP contribution in [0.15, 0.2) is 46.9 Å². The van der Waals surface area contributed by atoms with E-state index in [9.17, 15) is 0 Å². The average Bonchev–Trinajstić information content (AvgIpc) is 2.82. The van der Waals surface area contributed by atoms with E-state index in [1.165, 1.54) is 11.1 Å². The molecule has 0 aliphatic carbocycles. The third-order valence-corrected chi connectivity index (χ3v) is 3.64. The molecular weight excluding hydrogens is 302 g/mol. The number of H-pyrrole nitrogens is 1. The Labute approximate surface area is 120 Å². The van der Waals surface area contributed by atoms with Crippen LogP contribution in [-0.2, 0) is 6.54 Å².